The molecule has 0 spiro atoms. The fourth-order valence-electron chi connectivity index (χ4n) is 8.33. The molecule has 8 rings (SSSR count). The van der Waals surface area contributed by atoms with Gasteiger partial charge in [0.15, 0.2) is 0 Å². The average Bonchev–Trinajstić information content (AvgIpc) is 3.64. The predicted octanol–water partition coefficient (Wildman–Crippen LogP) is 15.5. The molecular formula is C61H59N3. The molecule has 0 aliphatic rings. The topological polar surface area (TPSA) is 29.3 Å². The second kappa shape index (κ2) is 18.6. The lowest BCUT2D eigenvalue weighted by Crippen LogP contribution is -2.12. The first-order chi connectivity index (χ1) is 30.9. The van der Waals surface area contributed by atoms with Gasteiger partial charge in [-0.05, 0) is 97.8 Å². The van der Waals surface area contributed by atoms with E-state index in [-0.39, 0.29) is 10.8 Å². The highest BCUT2D eigenvalue weighted by atomic mass is 15.0. The third-order valence-corrected chi connectivity index (χ3v) is 11.9. The molecule has 3 nitrogen and oxygen atoms in total. The smallest absolute Gasteiger partial charge is 0.0671 e. The number of allylic oxidation sites excluding steroid dienone is 4. The fourth-order valence-corrected chi connectivity index (χ4v) is 8.33. The minimum absolute atomic E-state index is 0.0407. The van der Waals surface area contributed by atoms with E-state index in [1.165, 1.54) is 38.5 Å². The van der Waals surface area contributed by atoms with E-state index >= 15 is 0 Å². The van der Waals surface area contributed by atoms with Crippen molar-refractivity contribution in [2.45, 2.75) is 58.9 Å². The molecule has 0 saturated heterocycles. The van der Waals surface area contributed by atoms with Crippen LogP contribution in [0.1, 0.15) is 74.9 Å². The van der Waals surface area contributed by atoms with Gasteiger partial charge in [-0.3, -0.25) is 4.99 Å². The number of rotatable bonds is 12. The van der Waals surface area contributed by atoms with Gasteiger partial charge in [0.25, 0.3) is 0 Å². The Morgan fingerprint density at radius 1 is 0.594 bits per heavy atom. The summed E-state index contributed by atoms with van der Waals surface area (Å²) in [4.78, 5) is 5.18. The molecule has 0 unspecified atom stereocenters. The molecule has 0 atom stereocenters. The van der Waals surface area contributed by atoms with E-state index in [2.05, 4.69) is 240 Å². The van der Waals surface area contributed by atoms with E-state index in [1.807, 2.05) is 19.2 Å². The number of nitrogens with one attached hydrogen (secondary N) is 1. The van der Waals surface area contributed by atoms with Crippen LogP contribution in [0.5, 0.6) is 0 Å². The summed E-state index contributed by atoms with van der Waals surface area (Å²) in [6.07, 6.45) is 6.73. The van der Waals surface area contributed by atoms with E-state index in [1.54, 1.807) is 0 Å². The van der Waals surface area contributed by atoms with Gasteiger partial charge in [-0.25, -0.2) is 0 Å². The van der Waals surface area contributed by atoms with Gasteiger partial charge in [0, 0.05) is 34.7 Å². The summed E-state index contributed by atoms with van der Waals surface area (Å²) in [6.45, 7) is 19.2. The Kier molecular flexibility index (Phi) is 12.6. The van der Waals surface area contributed by atoms with Crippen molar-refractivity contribution in [3.05, 3.63) is 245 Å². The number of benzene rings is 7. The van der Waals surface area contributed by atoms with Gasteiger partial charge in [-0.15, -0.1) is 0 Å². The van der Waals surface area contributed by atoms with Crippen LogP contribution in [0.15, 0.2) is 217 Å². The largest absolute Gasteiger partial charge is 0.388 e. The molecule has 318 valence electrons. The third kappa shape index (κ3) is 9.55. The van der Waals surface area contributed by atoms with E-state index in [0.717, 1.165) is 56.0 Å². The molecule has 0 amide bonds. The predicted molar refractivity (Wildman–Crippen MR) is 277 cm³/mol. The summed E-state index contributed by atoms with van der Waals surface area (Å²) in [5.41, 5.74) is 16.2. The Bertz CT molecular complexity index is 3020. The molecule has 64 heavy (non-hydrogen) atoms. The quantitative estimate of drug-likeness (QED) is 0.0964. The summed E-state index contributed by atoms with van der Waals surface area (Å²) in [5, 5.41) is 5.98. The van der Waals surface area contributed by atoms with Crippen LogP contribution in [0.4, 0.5) is 0 Å². The number of likely N-dealkylation sites (N-methyl/N-ethyl adjacent to an activating group) is 1. The van der Waals surface area contributed by atoms with Crippen LogP contribution in [0.3, 0.4) is 0 Å². The van der Waals surface area contributed by atoms with Crippen LogP contribution in [-0.2, 0) is 17.4 Å². The minimum Gasteiger partial charge on any atom is -0.388 e. The Hall–Kier alpha value is -7.23. The maximum absolute atomic E-state index is 5.18. The van der Waals surface area contributed by atoms with Crippen molar-refractivity contribution in [3.63, 3.8) is 0 Å². The normalized spacial score (nSPS) is 13.1. The maximum atomic E-state index is 5.18. The summed E-state index contributed by atoms with van der Waals surface area (Å²) < 4.78 is 2.52. The first kappa shape index (κ1) is 43.4. The molecule has 1 aromatic heterocycles. The number of nitrogens with zero attached hydrogens (tertiary/aromatic N) is 2. The van der Waals surface area contributed by atoms with Gasteiger partial charge in [0.05, 0.1) is 29.0 Å². The van der Waals surface area contributed by atoms with Crippen molar-refractivity contribution in [1.82, 2.24) is 9.88 Å². The maximum Gasteiger partial charge on any atom is 0.0671 e. The van der Waals surface area contributed by atoms with E-state index in [9.17, 15) is 0 Å². The third-order valence-electron chi connectivity index (χ3n) is 11.9. The fraction of sp³-hybridized carbons (Fsp3) is 0.164. The highest BCUT2D eigenvalue weighted by molar-refractivity contribution is 6.20. The summed E-state index contributed by atoms with van der Waals surface area (Å²) in [7, 11) is 1.96. The Labute approximate surface area is 380 Å². The van der Waals surface area contributed by atoms with Crippen LogP contribution in [0.2, 0.25) is 0 Å². The highest BCUT2D eigenvalue weighted by Crippen LogP contribution is 2.45. The van der Waals surface area contributed by atoms with Crippen molar-refractivity contribution in [2.75, 3.05) is 7.05 Å². The molecule has 1 N–H and O–H groups in total. The lowest BCUT2D eigenvalue weighted by molar-refractivity contribution is 0.590. The van der Waals surface area contributed by atoms with Crippen LogP contribution < -0.4 is 5.32 Å². The monoisotopic (exact) mass is 833 g/mol. The van der Waals surface area contributed by atoms with Crippen molar-refractivity contribution in [3.8, 4) is 11.1 Å². The zero-order valence-corrected chi connectivity index (χ0v) is 38.4. The Balaban J connectivity index is 1.44. The number of hydrogen-bond donors (Lipinski definition) is 1. The second-order valence-corrected chi connectivity index (χ2v) is 18.6. The molecule has 0 aliphatic heterocycles. The minimum atomic E-state index is -0.0811. The molecule has 0 aliphatic carbocycles. The number of aromatic nitrogens is 1. The van der Waals surface area contributed by atoms with Gasteiger partial charge in [-0.1, -0.05) is 206 Å². The summed E-state index contributed by atoms with van der Waals surface area (Å²) in [6, 6.07) is 65.1. The van der Waals surface area contributed by atoms with Crippen LogP contribution >= 0.6 is 0 Å². The zero-order valence-electron chi connectivity index (χ0n) is 38.4. The lowest BCUT2D eigenvalue weighted by Gasteiger charge is -2.23. The number of aliphatic imine (C=N–C) groups is 1. The molecule has 0 fully saturated rings. The van der Waals surface area contributed by atoms with Crippen molar-refractivity contribution in [2.24, 2.45) is 4.99 Å². The SMILES string of the molecule is C=C(/C=C(\C(=C\c1ccccc1)n1c2ccc(C(C)(C)C)cc2c2cc(C(C)(C)C)cc(-c3ccccc3)c21)c1ccccc1)/C(=C/C(=NCc1ccccc1)c1ccccc1)NC. The standard InChI is InChI=1S/C61H59N3/c1-43(55(62-8)41-56(48-32-22-13-23-33-48)63-42-45-26-16-10-17-27-45)36-51(46-28-18-11-19-29-46)58(37-44-24-14-9-15-25-44)64-57-35-34-49(60(2,3)4)38-53(57)54-40-50(61(5,6)7)39-52(59(54)64)47-30-20-12-21-31-47/h9-41,62H,1,42H2,2-8H3/b51-36-,55-41-,58-37-,63-56?. The summed E-state index contributed by atoms with van der Waals surface area (Å²) >= 11 is 0. The summed E-state index contributed by atoms with van der Waals surface area (Å²) in [5.74, 6) is 0. The zero-order chi connectivity index (χ0) is 44.8. The average molecular weight is 834 g/mol. The van der Waals surface area contributed by atoms with Gasteiger partial charge in [0.1, 0.15) is 0 Å². The van der Waals surface area contributed by atoms with Crippen LogP contribution in [0.25, 0.3) is 50.3 Å². The van der Waals surface area contributed by atoms with Gasteiger partial charge in [0.2, 0.25) is 0 Å². The molecule has 0 radical (unpaired) electrons. The van der Waals surface area contributed by atoms with E-state index in [4.69, 9.17) is 11.6 Å². The number of fused-ring (bicyclic) bond motifs is 3. The van der Waals surface area contributed by atoms with Crippen molar-refractivity contribution < 1.29 is 0 Å². The van der Waals surface area contributed by atoms with Gasteiger partial charge in [-0.2, -0.15) is 0 Å². The highest BCUT2D eigenvalue weighted by Gasteiger charge is 2.26. The molecule has 8 aromatic rings. The molecule has 0 saturated carbocycles. The van der Waals surface area contributed by atoms with E-state index in [0.29, 0.717) is 6.54 Å². The van der Waals surface area contributed by atoms with E-state index < -0.39 is 0 Å². The first-order valence-electron chi connectivity index (χ1n) is 22.3. The molecular weight excluding hydrogens is 775 g/mol. The number of hydrogen-bond acceptors (Lipinski definition) is 2. The lowest BCUT2D eigenvalue weighted by atomic mass is 9.83. The van der Waals surface area contributed by atoms with Crippen molar-refractivity contribution >= 4 is 44.9 Å². The van der Waals surface area contributed by atoms with Crippen LogP contribution in [0, 0.1) is 0 Å². The Morgan fingerprint density at radius 2 is 1.14 bits per heavy atom. The van der Waals surface area contributed by atoms with Crippen LogP contribution in [-0.4, -0.2) is 17.3 Å². The Morgan fingerprint density at radius 3 is 1.73 bits per heavy atom. The van der Waals surface area contributed by atoms with Gasteiger partial charge < -0.3 is 9.88 Å². The molecule has 7 aromatic carbocycles. The molecule has 0 bridgehead atoms. The van der Waals surface area contributed by atoms with Gasteiger partial charge >= 0.3 is 0 Å². The first-order valence-corrected chi connectivity index (χ1v) is 22.3. The second-order valence-electron chi connectivity index (χ2n) is 18.6. The molecule has 3 heteroatoms. The van der Waals surface area contributed by atoms with Crippen molar-refractivity contribution in [1.29, 1.82) is 0 Å². The molecule has 1 heterocycles.